The highest BCUT2D eigenvalue weighted by atomic mass is 16.5. The van der Waals surface area contributed by atoms with Crippen LogP contribution in [0.5, 0.6) is 0 Å². The van der Waals surface area contributed by atoms with Gasteiger partial charge in [0.05, 0.1) is 43.7 Å². The van der Waals surface area contributed by atoms with Crippen molar-refractivity contribution in [1.82, 2.24) is 0 Å². The van der Waals surface area contributed by atoms with Gasteiger partial charge < -0.3 is 18.9 Å². The molecule has 1 aromatic carbocycles. The number of para-hydroxylation sites is 1. The number of carbonyl (C=O) groups is 2. The highest BCUT2D eigenvalue weighted by Crippen LogP contribution is 2.67. The van der Waals surface area contributed by atoms with Crippen molar-refractivity contribution in [2.24, 2.45) is 11.8 Å². The standard InChI is InChI=1S/C25H29N2O4/c1-2-30-22(29)14-27-9-8-25-17-5-3-4-6-18(17)26-21(28)12-19-23(24(25)26)16(11-20(25)27)15(13-27)7-10-31-19/h3-7,16,19-20,23-24H,2,8-14H2,1H3/q+1/t16-,19-,20-,23-,24-,25-,27?/m0/s1. The molecule has 0 N–H and O–H groups in total. The number of ether oxygens (including phenoxy) is 2. The molecule has 1 unspecified atom stereocenters. The van der Waals surface area contributed by atoms with Crippen LogP contribution < -0.4 is 4.90 Å². The molecule has 6 nitrogen and oxygen atoms in total. The van der Waals surface area contributed by atoms with E-state index in [9.17, 15) is 9.59 Å². The van der Waals surface area contributed by atoms with E-state index in [1.165, 1.54) is 11.1 Å². The van der Waals surface area contributed by atoms with Crippen LogP contribution in [0.25, 0.3) is 0 Å². The van der Waals surface area contributed by atoms with Crippen LogP contribution in [0.1, 0.15) is 31.7 Å². The van der Waals surface area contributed by atoms with Crippen molar-refractivity contribution < 1.29 is 23.5 Å². The minimum absolute atomic E-state index is 0.00490. The molecule has 7 atom stereocenters. The molecule has 5 aliphatic heterocycles. The predicted octanol–water partition coefficient (Wildman–Crippen LogP) is 2.17. The van der Waals surface area contributed by atoms with Gasteiger partial charge in [-0.3, -0.25) is 4.79 Å². The second-order valence-electron chi connectivity index (χ2n) is 10.4. The Kier molecular flexibility index (Phi) is 3.55. The van der Waals surface area contributed by atoms with E-state index in [1.54, 1.807) is 0 Å². The summed E-state index contributed by atoms with van der Waals surface area (Å²) < 4.78 is 12.5. The summed E-state index contributed by atoms with van der Waals surface area (Å²) in [6.45, 7) is 5.21. The molecule has 1 aromatic rings. The van der Waals surface area contributed by atoms with E-state index < -0.39 is 0 Å². The van der Waals surface area contributed by atoms with Crippen molar-refractivity contribution in [3.8, 4) is 0 Å². The molecular formula is C25H29N2O4+. The van der Waals surface area contributed by atoms with Gasteiger partial charge in [-0.2, -0.15) is 0 Å². The lowest BCUT2D eigenvalue weighted by atomic mass is 9.53. The third kappa shape index (κ3) is 2.06. The van der Waals surface area contributed by atoms with Crippen LogP contribution in [0.4, 0.5) is 5.69 Å². The van der Waals surface area contributed by atoms with Crippen LogP contribution in [0.15, 0.2) is 35.9 Å². The van der Waals surface area contributed by atoms with Crippen molar-refractivity contribution in [3.05, 3.63) is 41.5 Å². The maximum atomic E-state index is 13.5. The number of fused-ring (bicyclic) bond motifs is 2. The van der Waals surface area contributed by atoms with Crippen molar-refractivity contribution in [2.75, 3.05) is 37.7 Å². The Morgan fingerprint density at radius 1 is 1.35 bits per heavy atom. The first kappa shape index (κ1) is 18.4. The fourth-order valence-electron chi connectivity index (χ4n) is 8.66. The molecule has 6 heteroatoms. The van der Waals surface area contributed by atoms with E-state index in [0.717, 1.165) is 36.1 Å². The molecule has 6 aliphatic rings. The number of esters is 1. The lowest BCUT2D eigenvalue weighted by molar-refractivity contribution is -0.936. The Morgan fingerprint density at radius 2 is 2.23 bits per heavy atom. The molecule has 31 heavy (non-hydrogen) atoms. The van der Waals surface area contributed by atoms with Crippen LogP contribution in [0.2, 0.25) is 0 Å². The highest BCUT2D eigenvalue weighted by molar-refractivity contribution is 5.99. The van der Waals surface area contributed by atoms with Crippen LogP contribution in [-0.2, 0) is 24.5 Å². The molecule has 0 aromatic heterocycles. The van der Waals surface area contributed by atoms with Gasteiger partial charge in [0.2, 0.25) is 5.91 Å². The van der Waals surface area contributed by atoms with E-state index >= 15 is 0 Å². The molecule has 1 aliphatic carbocycles. The zero-order valence-corrected chi connectivity index (χ0v) is 18.0. The number of carbonyl (C=O) groups excluding carboxylic acids is 2. The Morgan fingerprint density at radius 3 is 3.10 bits per heavy atom. The zero-order chi connectivity index (χ0) is 21.0. The lowest BCUT2D eigenvalue weighted by Crippen LogP contribution is -2.73. The summed E-state index contributed by atoms with van der Waals surface area (Å²) in [6.07, 6.45) is 4.86. The van der Waals surface area contributed by atoms with Crippen LogP contribution >= 0.6 is 0 Å². The Hall–Kier alpha value is -2.18. The van der Waals surface area contributed by atoms with Crippen LogP contribution in [0.3, 0.4) is 0 Å². The molecule has 7 rings (SSSR count). The zero-order valence-electron chi connectivity index (χ0n) is 18.0. The number of benzene rings is 1. The molecule has 1 saturated carbocycles. The van der Waals surface area contributed by atoms with Crippen LogP contribution in [-0.4, -0.2) is 67.4 Å². The molecule has 1 amide bonds. The van der Waals surface area contributed by atoms with E-state index in [-0.39, 0.29) is 29.4 Å². The fraction of sp³-hybridized carbons (Fsp3) is 0.600. The van der Waals surface area contributed by atoms with Gasteiger partial charge >= 0.3 is 5.97 Å². The summed E-state index contributed by atoms with van der Waals surface area (Å²) in [7, 11) is 0. The third-order valence-electron chi connectivity index (χ3n) is 9.46. The first-order valence-corrected chi connectivity index (χ1v) is 11.8. The minimum Gasteiger partial charge on any atom is -0.462 e. The Balaban J connectivity index is 1.46. The Bertz CT molecular complexity index is 1040. The van der Waals surface area contributed by atoms with E-state index in [1.807, 2.05) is 6.92 Å². The van der Waals surface area contributed by atoms with Gasteiger partial charge in [-0.15, -0.1) is 0 Å². The molecular weight excluding hydrogens is 392 g/mol. The number of nitrogens with zero attached hydrogens (tertiary/aromatic N) is 2. The fourth-order valence-corrected chi connectivity index (χ4v) is 8.66. The largest absolute Gasteiger partial charge is 0.462 e. The maximum absolute atomic E-state index is 13.5. The van der Waals surface area contributed by atoms with Gasteiger partial charge in [0.1, 0.15) is 12.6 Å². The van der Waals surface area contributed by atoms with Gasteiger partial charge in [-0.1, -0.05) is 24.3 Å². The summed E-state index contributed by atoms with van der Waals surface area (Å²) in [5.74, 6) is 0.908. The highest BCUT2D eigenvalue weighted by Gasteiger charge is 2.76. The minimum atomic E-state index is -0.0914. The number of rotatable bonds is 3. The smallest absolute Gasteiger partial charge is 0.361 e. The number of anilines is 1. The molecule has 162 valence electrons. The van der Waals surface area contributed by atoms with Gasteiger partial charge in [0.25, 0.3) is 0 Å². The van der Waals surface area contributed by atoms with Gasteiger partial charge in [0.15, 0.2) is 6.54 Å². The number of hydrogen-bond acceptors (Lipinski definition) is 4. The molecule has 3 saturated heterocycles. The first-order chi connectivity index (χ1) is 15.1. The van der Waals surface area contributed by atoms with E-state index in [4.69, 9.17) is 9.47 Å². The second kappa shape index (κ2) is 5.99. The summed E-state index contributed by atoms with van der Waals surface area (Å²) in [5, 5.41) is 0. The molecule has 0 radical (unpaired) electrons. The summed E-state index contributed by atoms with van der Waals surface area (Å²) in [6, 6.07) is 9.06. The van der Waals surface area contributed by atoms with Crippen molar-refractivity contribution in [2.45, 2.75) is 49.8 Å². The van der Waals surface area contributed by atoms with Crippen LogP contribution in [0, 0.1) is 11.8 Å². The number of hydrogen-bond donors (Lipinski definition) is 0. The normalized spacial score (nSPS) is 43.3. The van der Waals surface area contributed by atoms with E-state index in [0.29, 0.717) is 44.1 Å². The van der Waals surface area contributed by atoms with Crippen molar-refractivity contribution in [1.29, 1.82) is 0 Å². The SMILES string of the molecule is CCOC(=O)C[N+]12CC[C@]34c5ccccc5N5C(=O)C[C@@H]6OCC=C(C1)[C@H](C[C@@H]32)[C@@H]6[C@H]54. The van der Waals surface area contributed by atoms with Gasteiger partial charge in [-0.05, 0) is 30.0 Å². The molecule has 1 spiro atoms. The molecule has 2 bridgehead atoms. The van der Waals surface area contributed by atoms with Crippen molar-refractivity contribution >= 4 is 17.6 Å². The number of amides is 1. The van der Waals surface area contributed by atoms with Gasteiger partial charge in [-0.25, -0.2) is 4.79 Å². The maximum Gasteiger partial charge on any atom is 0.361 e. The second-order valence-corrected chi connectivity index (χ2v) is 10.4. The van der Waals surface area contributed by atoms with Gasteiger partial charge in [0, 0.05) is 24.4 Å². The van der Waals surface area contributed by atoms with E-state index in [2.05, 4.69) is 35.2 Å². The quantitative estimate of drug-likeness (QED) is 0.427. The van der Waals surface area contributed by atoms with Crippen molar-refractivity contribution in [3.63, 3.8) is 0 Å². The average molecular weight is 422 g/mol. The topological polar surface area (TPSA) is 55.8 Å². The average Bonchev–Trinajstić information content (AvgIpc) is 3.18. The molecule has 5 heterocycles. The number of quaternary nitrogens is 1. The first-order valence-electron chi connectivity index (χ1n) is 11.8. The monoisotopic (exact) mass is 421 g/mol. The molecule has 4 fully saturated rings. The summed E-state index contributed by atoms with van der Waals surface area (Å²) >= 11 is 0. The number of piperidine rings is 2. The Labute approximate surface area is 182 Å². The summed E-state index contributed by atoms with van der Waals surface area (Å²) in [4.78, 5) is 28.4. The predicted molar refractivity (Wildman–Crippen MR) is 113 cm³/mol. The summed E-state index contributed by atoms with van der Waals surface area (Å²) in [5.41, 5.74) is 3.80. The lowest BCUT2D eigenvalue weighted by Gasteiger charge is -2.60. The third-order valence-corrected chi connectivity index (χ3v) is 9.46.